The number of rotatable bonds is 6. The molecule has 0 bridgehead atoms. The van der Waals surface area contributed by atoms with Crippen molar-refractivity contribution in [3.63, 3.8) is 0 Å². The Kier molecular flexibility index (Phi) is 6.32. The summed E-state index contributed by atoms with van der Waals surface area (Å²) < 4.78 is 8.16. The third kappa shape index (κ3) is 4.86. The highest BCUT2D eigenvalue weighted by atomic mass is 16.5. The molecule has 3 aromatic carbocycles. The lowest BCUT2D eigenvalue weighted by atomic mass is 10.1. The number of aryl methyl sites for hydroxylation is 2. The van der Waals surface area contributed by atoms with Gasteiger partial charge < -0.3 is 24.4 Å². The monoisotopic (exact) mass is 519 g/mol. The summed E-state index contributed by atoms with van der Waals surface area (Å²) in [6.07, 6.45) is 4.75. The molecule has 2 aromatic heterocycles. The number of anilines is 3. The number of nitrogens with one attached hydrogen (secondary N) is 1. The normalized spacial score (nSPS) is 13.6. The number of carbonyl (C=O) groups is 1. The van der Waals surface area contributed by atoms with Gasteiger partial charge in [0.15, 0.2) is 0 Å². The summed E-state index contributed by atoms with van der Waals surface area (Å²) in [5, 5.41) is 4.40. The second-order valence-electron chi connectivity index (χ2n) is 9.65. The summed E-state index contributed by atoms with van der Waals surface area (Å²) in [6, 6.07) is 18.1. The molecule has 1 fully saturated rings. The molecule has 1 aliphatic rings. The summed E-state index contributed by atoms with van der Waals surface area (Å²) in [7, 11) is 1.97. The minimum Gasteiger partial charge on any atom is -0.457 e. The molecule has 0 atom stereocenters. The number of amides is 1. The molecule has 0 saturated carbocycles. The Balaban J connectivity index is 1.20. The Hall–Kier alpha value is -4.92. The number of hydrogen-bond donors (Lipinski definition) is 1. The molecule has 9 heteroatoms. The fraction of sp³-hybridized carbons (Fsp3) is 0.200. The largest absolute Gasteiger partial charge is 0.457 e. The van der Waals surface area contributed by atoms with Crippen molar-refractivity contribution >= 4 is 45.0 Å². The van der Waals surface area contributed by atoms with Gasteiger partial charge in [0, 0.05) is 56.1 Å². The van der Waals surface area contributed by atoms with Crippen LogP contribution in [0.2, 0.25) is 0 Å². The first kappa shape index (κ1) is 24.4. The summed E-state index contributed by atoms with van der Waals surface area (Å²) in [5.74, 6) is 2.23. The Morgan fingerprint density at radius 1 is 0.974 bits per heavy atom. The van der Waals surface area contributed by atoms with Crippen molar-refractivity contribution in [1.29, 1.82) is 0 Å². The van der Waals surface area contributed by atoms with Crippen molar-refractivity contribution in [3.05, 3.63) is 85.5 Å². The first-order chi connectivity index (χ1) is 19.0. The standard InChI is InChI=1S/C30H29N7O2/c1-4-29(38)37-13-11-36(12-14-37)22-6-8-25-24(16-22)30(32-18-31-25)34-21-5-10-28(20(2)15-21)39-23-7-9-27-26(17-23)33-19-35(27)3/h4-10,15-19H,1,11-14H2,2-3H3,(H,31,32,34). The lowest BCUT2D eigenvalue weighted by molar-refractivity contribution is -0.126. The Morgan fingerprint density at radius 2 is 1.82 bits per heavy atom. The number of ether oxygens (including phenoxy) is 1. The SMILES string of the molecule is C=CC(=O)N1CCN(c2ccc3ncnc(Nc4ccc(Oc5ccc6c(c5)ncn6C)c(C)c4)c3c2)CC1. The van der Waals surface area contributed by atoms with E-state index in [4.69, 9.17) is 4.74 Å². The molecular weight excluding hydrogens is 490 g/mol. The molecule has 39 heavy (non-hydrogen) atoms. The second-order valence-corrected chi connectivity index (χ2v) is 9.65. The van der Waals surface area contributed by atoms with Crippen LogP contribution in [0, 0.1) is 6.92 Å². The molecule has 1 N–H and O–H groups in total. The van der Waals surface area contributed by atoms with Crippen LogP contribution < -0.4 is 15.0 Å². The van der Waals surface area contributed by atoms with Crippen LogP contribution in [0.5, 0.6) is 11.5 Å². The van der Waals surface area contributed by atoms with Gasteiger partial charge in [-0.05, 0) is 67.1 Å². The number of benzene rings is 3. The van der Waals surface area contributed by atoms with Gasteiger partial charge >= 0.3 is 0 Å². The van der Waals surface area contributed by atoms with Gasteiger partial charge in [0.25, 0.3) is 0 Å². The van der Waals surface area contributed by atoms with E-state index >= 15 is 0 Å². The van der Waals surface area contributed by atoms with Crippen molar-refractivity contribution in [2.24, 2.45) is 7.05 Å². The molecule has 6 rings (SSSR count). The van der Waals surface area contributed by atoms with Crippen molar-refractivity contribution in [2.45, 2.75) is 6.92 Å². The van der Waals surface area contributed by atoms with Crippen LogP contribution in [0.3, 0.4) is 0 Å². The van der Waals surface area contributed by atoms with Crippen molar-refractivity contribution < 1.29 is 9.53 Å². The zero-order chi connectivity index (χ0) is 26.9. The third-order valence-electron chi connectivity index (χ3n) is 7.11. The van der Waals surface area contributed by atoms with Crippen LogP contribution in [0.4, 0.5) is 17.2 Å². The number of piperazine rings is 1. The molecule has 196 valence electrons. The average molecular weight is 520 g/mol. The van der Waals surface area contributed by atoms with Crippen LogP contribution in [0.15, 0.2) is 79.9 Å². The van der Waals surface area contributed by atoms with Gasteiger partial charge in [-0.25, -0.2) is 15.0 Å². The number of carbonyl (C=O) groups excluding carboxylic acids is 1. The number of aromatic nitrogens is 4. The molecule has 0 spiro atoms. The smallest absolute Gasteiger partial charge is 0.246 e. The highest BCUT2D eigenvalue weighted by Crippen LogP contribution is 2.32. The maximum absolute atomic E-state index is 11.9. The zero-order valence-electron chi connectivity index (χ0n) is 22.0. The molecule has 1 saturated heterocycles. The molecule has 3 heterocycles. The van der Waals surface area contributed by atoms with E-state index in [1.54, 1.807) is 12.7 Å². The lowest BCUT2D eigenvalue weighted by Crippen LogP contribution is -2.48. The number of fused-ring (bicyclic) bond motifs is 2. The maximum Gasteiger partial charge on any atom is 0.246 e. The van der Waals surface area contributed by atoms with E-state index in [9.17, 15) is 4.79 Å². The summed E-state index contributed by atoms with van der Waals surface area (Å²) >= 11 is 0. The predicted molar refractivity (Wildman–Crippen MR) is 154 cm³/mol. The minimum atomic E-state index is -0.0194. The van der Waals surface area contributed by atoms with E-state index < -0.39 is 0 Å². The van der Waals surface area contributed by atoms with Gasteiger partial charge in [-0.15, -0.1) is 0 Å². The van der Waals surface area contributed by atoms with Crippen LogP contribution in [-0.2, 0) is 11.8 Å². The van der Waals surface area contributed by atoms with E-state index in [0.717, 1.165) is 69.3 Å². The first-order valence-electron chi connectivity index (χ1n) is 12.9. The first-order valence-corrected chi connectivity index (χ1v) is 12.9. The Bertz CT molecular complexity index is 1700. The van der Waals surface area contributed by atoms with Crippen molar-refractivity contribution in [3.8, 4) is 11.5 Å². The van der Waals surface area contributed by atoms with Crippen LogP contribution >= 0.6 is 0 Å². The fourth-order valence-corrected chi connectivity index (χ4v) is 4.94. The van der Waals surface area contributed by atoms with E-state index in [2.05, 4.69) is 43.9 Å². The lowest BCUT2D eigenvalue weighted by Gasteiger charge is -2.35. The molecule has 0 unspecified atom stereocenters. The van der Waals surface area contributed by atoms with E-state index in [-0.39, 0.29) is 5.91 Å². The summed E-state index contributed by atoms with van der Waals surface area (Å²) in [5.41, 5.74) is 5.79. The highest BCUT2D eigenvalue weighted by molar-refractivity contribution is 5.93. The van der Waals surface area contributed by atoms with E-state index in [1.807, 2.05) is 65.9 Å². The Morgan fingerprint density at radius 3 is 2.62 bits per heavy atom. The quantitative estimate of drug-likeness (QED) is 0.309. The fourth-order valence-electron chi connectivity index (χ4n) is 4.94. The molecule has 1 amide bonds. The van der Waals surface area contributed by atoms with E-state index in [1.165, 1.54) is 6.08 Å². The molecule has 0 radical (unpaired) electrons. The van der Waals surface area contributed by atoms with Gasteiger partial charge in [-0.1, -0.05) is 6.58 Å². The van der Waals surface area contributed by atoms with Gasteiger partial charge in [-0.3, -0.25) is 4.79 Å². The molecular formula is C30H29N7O2. The molecule has 1 aliphatic heterocycles. The van der Waals surface area contributed by atoms with Crippen LogP contribution in [0.25, 0.3) is 21.9 Å². The summed E-state index contributed by atoms with van der Waals surface area (Å²) in [4.78, 5) is 29.5. The topological polar surface area (TPSA) is 88.4 Å². The summed E-state index contributed by atoms with van der Waals surface area (Å²) in [6.45, 7) is 8.47. The van der Waals surface area contributed by atoms with Gasteiger partial charge in [-0.2, -0.15) is 0 Å². The molecule has 0 aliphatic carbocycles. The minimum absolute atomic E-state index is 0.0194. The third-order valence-corrected chi connectivity index (χ3v) is 7.11. The van der Waals surface area contributed by atoms with Crippen LogP contribution in [0.1, 0.15) is 5.56 Å². The van der Waals surface area contributed by atoms with Gasteiger partial charge in [0.1, 0.15) is 23.6 Å². The van der Waals surface area contributed by atoms with Gasteiger partial charge in [0.05, 0.1) is 22.9 Å². The van der Waals surface area contributed by atoms with Gasteiger partial charge in [0.2, 0.25) is 5.91 Å². The van der Waals surface area contributed by atoms with Crippen LogP contribution in [-0.4, -0.2) is 56.5 Å². The average Bonchev–Trinajstić information content (AvgIpc) is 3.34. The van der Waals surface area contributed by atoms with E-state index in [0.29, 0.717) is 13.1 Å². The second kappa shape index (κ2) is 10.1. The maximum atomic E-state index is 11.9. The Labute approximate surface area is 226 Å². The number of nitrogens with zero attached hydrogens (tertiary/aromatic N) is 6. The number of hydrogen-bond acceptors (Lipinski definition) is 7. The molecule has 5 aromatic rings. The molecule has 9 nitrogen and oxygen atoms in total. The highest BCUT2D eigenvalue weighted by Gasteiger charge is 2.20. The van der Waals surface area contributed by atoms with Crippen molar-refractivity contribution in [2.75, 3.05) is 36.4 Å². The zero-order valence-corrected chi connectivity index (χ0v) is 22.0. The predicted octanol–water partition coefficient (Wildman–Crippen LogP) is 5.20. The number of imidazole rings is 1. The van der Waals surface area contributed by atoms with Crippen molar-refractivity contribution in [1.82, 2.24) is 24.4 Å².